The van der Waals surface area contributed by atoms with Gasteiger partial charge in [-0.1, -0.05) is 29.8 Å². The van der Waals surface area contributed by atoms with Crippen LogP contribution in [0.4, 0.5) is 5.69 Å². The van der Waals surface area contributed by atoms with Crippen molar-refractivity contribution in [1.29, 1.82) is 0 Å². The lowest BCUT2D eigenvalue weighted by Gasteiger charge is -2.08. The number of carbonyl (C=O) groups excluding carboxylic acids is 1. The number of carbonyl (C=O) groups is 1. The number of fused-ring (bicyclic) bond motifs is 1. The van der Waals surface area contributed by atoms with Crippen molar-refractivity contribution >= 4 is 34.1 Å². The summed E-state index contributed by atoms with van der Waals surface area (Å²) in [6.45, 7) is 0. The molecule has 2 aromatic heterocycles. The molecule has 3 rings (SSSR count). The van der Waals surface area contributed by atoms with Crippen molar-refractivity contribution in [3.05, 3.63) is 65.6 Å². The van der Waals surface area contributed by atoms with Gasteiger partial charge in [-0.2, -0.15) is 0 Å². The number of nitrogens with zero attached hydrogens (tertiary/aromatic N) is 2. The van der Waals surface area contributed by atoms with E-state index in [1.807, 2.05) is 24.3 Å². The number of nitrogens with one attached hydrogen (secondary N) is 1. The molecule has 0 aliphatic heterocycles. The molecule has 20 heavy (non-hydrogen) atoms. The van der Waals surface area contributed by atoms with Crippen LogP contribution in [0.1, 0.15) is 10.4 Å². The quantitative estimate of drug-likeness (QED) is 0.732. The van der Waals surface area contributed by atoms with E-state index in [0.29, 0.717) is 21.9 Å². The zero-order chi connectivity index (χ0) is 13.9. The van der Waals surface area contributed by atoms with Crippen molar-refractivity contribution in [3.8, 4) is 0 Å². The molecule has 0 radical (unpaired) electrons. The molecule has 0 unspecified atom stereocenters. The second-order valence-corrected chi connectivity index (χ2v) is 4.59. The Morgan fingerprint density at radius 1 is 1.10 bits per heavy atom. The summed E-state index contributed by atoms with van der Waals surface area (Å²) in [6, 6.07) is 12.4. The van der Waals surface area contributed by atoms with E-state index in [0.717, 1.165) is 5.39 Å². The summed E-state index contributed by atoms with van der Waals surface area (Å²) >= 11 is 5.97. The van der Waals surface area contributed by atoms with E-state index in [-0.39, 0.29) is 5.91 Å². The summed E-state index contributed by atoms with van der Waals surface area (Å²) in [7, 11) is 0. The minimum absolute atomic E-state index is 0.225. The maximum Gasteiger partial charge on any atom is 0.256 e. The van der Waals surface area contributed by atoms with E-state index in [9.17, 15) is 4.79 Å². The predicted octanol–water partition coefficient (Wildman–Crippen LogP) is 3.54. The van der Waals surface area contributed by atoms with E-state index in [2.05, 4.69) is 15.3 Å². The first kappa shape index (κ1) is 12.6. The Kier molecular flexibility index (Phi) is 3.31. The Labute approximate surface area is 120 Å². The molecule has 0 fully saturated rings. The molecule has 0 bridgehead atoms. The highest BCUT2D eigenvalue weighted by Gasteiger charge is 2.12. The lowest BCUT2D eigenvalue weighted by molar-refractivity contribution is 0.102. The normalized spacial score (nSPS) is 10.4. The van der Waals surface area contributed by atoms with Crippen molar-refractivity contribution in [2.24, 2.45) is 0 Å². The zero-order valence-electron chi connectivity index (χ0n) is 10.4. The molecular weight excluding hydrogens is 274 g/mol. The molecular formula is C15H10ClN3O. The van der Waals surface area contributed by atoms with Gasteiger partial charge in [0.05, 0.1) is 11.1 Å². The summed E-state index contributed by atoms with van der Waals surface area (Å²) in [5.74, 6) is -0.225. The third kappa shape index (κ3) is 2.46. The number of halogens is 1. The van der Waals surface area contributed by atoms with Crippen LogP contribution in [0, 0.1) is 0 Å². The molecule has 5 heteroatoms. The van der Waals surface area contributed by atoms with Crippen LogP contribution in [-0.4, -0.2) is 15.9 Å². The molecule has 0 spiro atoms. The van der Waals surface area contributed by atoms with Gasteiger partial charge in [0.1, 0.15) is 5.15 Å². The average Bonchev–Trinajstić information content (AvgIpc) is 2.47. The van der Waals surface area contributed by atoms with Gasteiger partial charge < -0.3 is 5.32 Å². The van der Waals surface area contributed by atoms with Gasteiger partial charge in [0.2, 0.25) is 0 Å². The van der Waals surface area contributed by atoms with Crippen LogP contribution in [0.5, 0.6) is 0 Å². The van der Waals surface area contributed by atoms with Gasteiger partial charge in [0, 0.05) is 23.5 Å². The SMILES string of the molecule is O=C(Nc1ccncc1)c1cc(Cl)nc2ccccc12. The standard InChI is InChI=1S/C15H10ClN3O/c16-14-9-12(11-3-1-2-4-13(11)19-14)15(20)18-10-5-7-17-8-6-10/h1-9H,(H,17,18,20). The largest absolute Gasteiger partial charge is 0.322 e. The van der Waals surface area contributed by atoms with Gasteiger partial charge in [-0.3, -0.25) is 9.78 Å². The highest BCUT2D eigenvalue weighted by Crippen LogP contribution is 2.21. The molecule has 3 aromatic rings. The molecule has 1 N–H and O–H groups in total. The summed E-state index contributed by atoms with van der Waals surface area (Å²) < 4.78 is 0. The van der Waals surface area contributed by atoms with Gasteiger partial charge in [-0.05, 0) is 24.3 Å². The van der Waals surface area contributed by atoms with Crippen molar-refractivity contribution in [1.82, 2.24) is 9.97 Å². The number of amides is 1. The number of benzene rings is 1. The molecule has 0 aliphatic rings. The van der Waals surface area contributed by atoms with Crippen LogP contribution in [-0.2, 0) is 0 Å². The fourth-order valence-corrected chi connectivity index (χ4v) is 2.16. The molecule has 98 valence electrons. The zero-order valence-corrected chi connectivity index (χ0v) is 11.1. The van der Waals surface area contributed by atoms with E-state index >= 15 is 0 Å². The molecule has 4 nitrogen and oxygen atoms in total. The fraction of sp³-hybridized carbons (Fsp3) is 0. The second-order valence-electron chi connectivity index (χ2n) is 4.20. The number of para-hydroxylation sites is 1. The Morgan fingerprint density at radius 2 is 1.85 bits per heavy atom. The third-order valence-electron chi connectivity index (χ3n) is 2.87. The fourth-order valence-electron chi connectivity index (χ4n) is 1.96. The number of hydrogen-bond acceptors (Lipinski definition) is 3. The lowest BCUT2D eigenvalue weighted by Crippen LogP contribution is -2.12. The van der Waals surface area contributed by atoms with Gasteiger partial charge in [-0.15, -0.1) is 0 Å². The summed E-state index contributed by atoms with van der Waals surface area (Å²) in [5, 5.41) is 3.87. The average molecular weight is 284 g/mol. The Morgan fingerprint density at radius 3 is 2.65 bits per heavy atom. The van der Waals surface area contributed by atoms with Crippen LogP contribution >= 0.6 is 11.6 Å². The number of pyridine rings is 2. The predicted molar refractivity (Wildman–Crippen MR) is 78.9 cm³/mol. The number of hydrogen-bond donors (Lipinski definition) is 1. The van der Waals surface area contributed by atoms with Crippen molar-refractivity contribution in [2.45, 2.75) is 0 Å². The van der Waals surface area contributed by atoms with Crippen LogP contribution in [0.15, 0.2) is 54.9 Å². The topological polar surface area (TPSA) is 54.9 Å². The van der Waals surface area contributed by atoms with E-state index in [1.165, 1.54) is 0 Å². The maximum atomic E-state index is 12.4. The van der Waals surface area contributed by atoms with Crippen molar-refractivity contribution in [2.75, 3.05) is 5.32 Å². The minimum Gasteiger partial charge on any atom is -0.322 e. The van der Waals surface area contributed by atoms with Gasteiger partial charge in [0.25, 0.3) is 5.91 Å². The van der Waals surface area contributed by atoms with Crippen LogP contribution in [0.25, 0.3) is 10.9 Å². The smallest absolute Gasteiger partial charge is 0.256 e. The lowest BCUT2D eigenvalue weighted by atomic mass is 10.1. The third-order valence-corrected chi connectivity index (χ3v) is 3.06. The molecule has 1 aromatic carbocycles. The highest BCUT2D eigenvalue weighted by atomic mass is 35.5. The first-order valence-electron chi connectivity index (χ1n) is 6.01. The van der Waals surface area contributed by atoms with E-state index in [1.54, 1.807) is 30.6 Å². The van der Waals surface area contributed by atoms with E-state index in [4.69, 9.17) is 11.6 Å². The Bertz CT molecular complexity index is 774. The van der Waals surface area contributed by atoms with Crippen molar-refractivity contribution in [3.63, 3.8) is 0 Å². The minimum atomic E-state index is -0.225. The molecule has 0 aliphatic carbocycles. The monoisotopic (exact) mass is 283 g/mol. The van der Waals surface area contributed by atoms with Gasteiger partial charge in [0.15, 0.2) is 0 Å². The number of anilines is 1. The van der Waals surface area contributed by atoms with Crippen LogP contribution in [0.2, 0.25) is 5.15 Å². The first-order valence-corrected chi connectivity index (χ1v) is 6.38. The van der Waals surface area contributed by atoms with Crippen LogP contribution < -0.4 is 5.32 Å². The molecule has 0 saturated carbocycles. The maximum absolute atomic E-state index is 12.4. The molecule has 0 atom stereocenters. The highest BCUT2D eigenvalue weighted by molar-refractivity contribution is 6.30. The van der Waals surface area contributed by atoms with Gasteiger partial charge in [-0.25, -0.2) is 4.98 Å². The Balaban J connectivity index is 2.03. The summed E-state index contributed by atoms with van der Waals surface area (Å²) in [6.07, 6.45) is 3.24. The number of rotatable bonds is 2. The van der Waals surface area contributed by atoms with Gasteiger partial charge >= 0.3 is 0 Å². The van der Waals surface area contributed by atoms with E-state index < -0.39 is 0 Å². The first-order chi connectivity index (χ1) is 9.74. The summed E-state index contributed by atoms with van der Waals surface area (Å²) in [4.78, 5) is 20.5. The second kappa shape index (κ2) is 5.27. The summed E-state index contributed by atoms with van der Waals surface area (Å²) in [5.41, 5.74) is 1.87. The Hall–Kier alpha value is -2.46. The number of aromatic nitrogens is 2. The molecule has 0 saturated heterocycles. The molecule has 1 amide bonds. The van der Waals surface area contributed by atoms with Crippen LogP contribution in [0.3, 0.4) is 0 Å². The molecule has 2 heterocycles. The van der Waals surface area contributed by atoms with Crippen molar-refractivity contribution < 1.29 is 4.79 Å².